The number of amides is 1. The molecule has 1 unspecified atom stereocenters. The second kappa shape index (κ2) is 7.54. The van der Waals surface area contributed by atoms with Crippen molar-refractivity contribution in [2.75, 3.05) is 36.4 Å². The highest BCUT2D eigenvalue weighted by atomic mass is 16.2. The van der Waals surface area contributed by atoms with E-state index in [1.807, 2.05) is 12.1 Å². The molecule has 1 amide bonds. The highest BCUT2D eigenvalue weighted by Crippen LogP contribution is 2.22. The first-order valence-corrected chi connectivity index (χ1v) is 9.81. The maximum absolute atomic E-state index is 12.6. The van der Waals surface area contributed by atoms with Crippen molar-refractivity contribution in [3.63, 3.8) is 0 Å². The number of hydrogen-bond donors (Lipinski definition) is 2. The van der Waals surface area contributed by atoms with Gasteiger partial charge in [0.1, 0.15) is 6.04 Å². The third-order valence-corrected chi connectivity index (χ3v) is 5.83. The van der Waals surface area contributed by atoms with E-state index in [1.165, 1.54) is 35.5 Å². The van der Waals surface area contributed by atoms with Crippen molar-refractivity contribution in [3.8, 4) is 0 Å². The molecular weight excluding hydrogens is 324 g/mol. The lowest BCUT2D eigenvalue weighted by molar-refractivity contribution is -0.910. The summed E-state index contributed by atoms with van der Waals surface area (Å²) in [7, 11) is 2.09. The van der Waals surface area contributed by atoms with E-state index in [0.29, 0.717) is 12.6 Å². The number of carbonyl (C=O) groups is 1. The van der Waals surface area contributed by atoms with Gasteiger partial charge in [-0.3, -0.25) is 4.79 Å². The summed E-state index contributed by atoms with van der Waals surface area (Å²) in [6, 6.07) is 13.0. The van der Waals surface area contributed by atoms with E-state index in [2.05, 4.69) is 52.3 Å². The number of quaternary nitrogens is 1. The van der Waals surface area contributed by atoms with Crippen LogP contribution in [-0.2, 0) is 11.8 Å². The van der Waals surface area contributed by atoms with Crippen LogP contribution in [0, 0.1) is 0 Å². The van der Waals surface area contributed by atoms with Crippen molar-refractivity contribution in [3.05, 3.63) is 48.3 Å². The van der Waals surface area contributed by atoms with E-state index in [1.54, 1.807) is 0 Å². The van der Waals surface area contributed by atoms with Crippen LogP contribution in [0.2, 0.25) is 0 Å². The molecule has 2 fully saturated rings. The highest BCUT2D eigenvalue weighted by molar-refractivity contribution is 5.91. The Kier molecular flexibility index (Phi) is 4.98. The van der Waals surface area contributed by atoms with Crippen LogP contribution in [0.25, 0.3) is 0 Å². The molecule has 5 nitrogen and oxygen atoms in total. The molecule has 2 aliphatic heterocycles. The third kappa shape index (κ3) is 3.63. The number of aryl methyl sites for hydroxylation is 1. The zero-order chi connectivity index (χ0) is 17.9. The minimum atomic E-state index is 0.107. The number of anilines is 2. The van der Waals surface area contributed by atoms with Crippen molar-refractivity contribution in [2.45, 2.75) is 31.7 Å². The van der Waals surface area contributed by atoms with Gasteiger partial charge in [0.05, 0.1) is 12.2 Å². The van der Waals surface area contributed by atoms with Crippen molar-refractivity contribution in [1.82, 2.24) is 4.57 Å². The molecule has 2 aliphatic rings. The lowest BCUT2D eigenvalue weighted by Crippen LogP contribution is -3.11. The average molecular weight is 353 g/mol. The minimum absolute atomic E-state index is 0.107. The fourth-order valence-corrected chi connectivity index (χ4v) is 4.46. The van der Waals surface area contributed by atoms with Gasteiger partial charge < -0.3 is 19.7 Å². The Bertz CT molecular complexity index is 746. The lowest BCUT2D eigenvalue weighted by Gasteiger charge is -2.22. The van der Waals surface area contributed by atoms with E-state index < -0.39 is 0 Å². The van der Waals surface area contributed by atoms with Gasteiger partial charge in [0.15, 0.2) is 6.54 Å². The van der Waals surface area contributed by atoms with Gasteiger partial charge in [0.2, 0.25) is 0 Å². The molecule has 0 spiro atoms. The Balaban J connectivity index is 1.35. The van der Waals surface area contributed by atoms with Crippen LogP contribution in [0.1, 0.15) is 37.4 Å². The van der Waals surface area contributed by atoms with Crippen LogP contribution in [0.5, 0.6) is 0 Å². The van der Waals surface area contributed by atoms with Crippen LogP contribution in [0.4, 0.5) is 11.4 Å². The van der Waals surface area contributed by atoms with Gasteiger partial charge in [-0.05, 0) is 49.2 Å². The molecule has 26 heavy (non-hydrogen) atoms. The van der Waals surface area contributed by atoms with Crippen LogP contribution in [0.3, 0.4) is 0 Å². The first kappa shape index (κ1) is 17.2. The third-order valence-electron chi connectivity index (χ3n) is 5.83. The van der Waals surface area contributed by atoms with Crippen molar-refractivity contribution in [1.29, 1.82) is 0 Å². The van der Waals surface area contributed by atoms with Crippen LogP contribution in [-0.4, -0.2) is 36.7 Å². The molecule has 2 saturated heterocycles. The molecule has 4 rings (SSSR count). The summed E-state index contributed by atoms with van der Waals surface area (Å²) >= 11 is 0. The molecule has 2 aromatic rings. The molecule has 5 heteroatoms. The van der Waals surface area contributed by atoms with Gasteiger partial charge in [0, 0.05) is 50.6 Å². The zero-order valence-electron chi connectivity index (χ0n) is 15.6. The fraction of sp³-hybridized carbons (Fsp3) is 0.476. The number of benzene rings is 1. The summed E-state index contributed by atoms with van der Waals surface area (Å²) in [6.07, 6.45) is 6.99. The van der Waals surface area contributed by atoms with Crippen molar-refractivity contribution < 1.29 is 9.69 Å². The molecule has 0 saturated carbocycles. The number of likely N-dealkylation sites (tertiary alicyclic amines) is 1. The Morgan fingerprint density at radius 2 is 1.92 bits per heavy atom. The summed E-state index contributed by atoms with van der Waals surface area (Å²) < 4.78 is 2.19. The quantitative estimate of drug-likeness (QED) is 0.863. The van der Waals surface area contributed by atoms with Crippen LogP contribution < -0.4 is 15.1 Å². The molecule has 1 aromatic heterocycles. The second-order valence-electron chi connectivity index (χ2n) is 7.61. The van der Waals surface area contributed by atoms with Crippen molar-refractivity contribution in [2.24, 2.45) is 7.05 Å². The Morgan fingerprint density at radius 1 is 1.15 bits per heavy atom. The van der Waals surface area contributed by atoms with E-state index in [9.17, 15) is 4.79 Å². The monoisotopic (exact) mass is 353 g/mol. The number of nitrogens with one attached hydrogen (secondary N) is 2. The topological polar surface area (TPSA) is 41.7 Å². The first-order chi connectivity index (χ1) is 12.7. The van der Waals surface area contributed by atoms with Gasteiger partial charge in [-0.15, -0.1) is 0 Å². The van der Waals surface area contributed by atoms with E-state index >= 15 is 0 Å². The molecule has 0 aliphatic carbocycles. The van der Waals surface area contributed by atoms with Gasteiger partial charge in [0.25, 0.3) is 5.91 Å². The number of aromatic nitrogens is 1. The largest absolute Gasteiger partial charge is 0.372 e. The summed E-state index contributed by atoms with van der Waals surface area (Å²) in [6.45, 7) is 3.88. The summed E-state index contributed by atoms with van der Waals surface area (Å²) in [5, 5.41) is 3.08. The fourth-order valence-electron chi connectivity index (χ4n) is 4.46. The number of rotatable bonds is 5. The molecule has 2 N–H and O–H groups in total. The number of nitrogens with zero attached hydrogens (tertiary/aromatic N) is 2. The molecule has 2 atom stereocenters. The summed E-state index contributed by atoms with van der Waals surface area (Å²) in [4.78, 5) is 16.3. The first-order valence-electron chi connectivity index (χ1n) is 9.81. The Labute approximate surface area is 155 Å². The number of carbonyl (C=O) groups excluding carboxylic acids is 1. The van der Waals surface area contributed by atoms with Gasteiger partial charge in [-0.1, -0.05) is 0 Å². The zero-order valence-corrected chi connectivity index (χ0v) is 15.6. The van der Waals surface area contributed by atoms with E-state index in [0.717, 1.165) is 31.7 Å². The SMILES string of the molecule is Cn1cccc1[C@H]1CCC[NH+]1CC(=O)Nc1ccc(N2CCCC2)cc1. The van der Waals surface area contributed by atoms with Crippen LogP contribution >= 0.6 is 0 Å². The van der Waals surface area contributed by atoms with Gasteiger partial charge >= 0.3 is 0 Å². The predicted octanol–water partition coefficient (Wildman–Crippen LogP) is 1.98. The standard InChI is InChI=1S/C21H28N4O/c1-23-12-4-6-19(23)20-7-5-15-25(20)16-21(26)22-17-8-10-18(11-9-17)24-13-2-3-14-24/h4,6,8-12,20H,2-3,5,7,13-16H2,1H3,(H,22,26)/p+1/t20-/m1/s1. The summed E-state index contributed by atoms with van der Waals surface area (Å²) in [5.74, 6) is 0.107. The Morgan fingerprint density at radius 3 is 2.62 bits per heavy atom. The number of hydrogen-bond acceptors (Lipinski definition) is 2. The van der Waals surface area contributed by atoms with Crippen LogP contribution in [0.15, 0.2) is 42.6 Å². The minimum Gasteiger partial charge on any atom is -0.372 e. The van der Waals surface area contributed by atoms with Crippen molar-refractivity contribution >= 4 is 17.3 Å². The second-order valence-corrected chi connectivity index (χ2v) is 7.61. The molecule has 0 radical (unpaired) electrons. The van der Waals surface area contributed by atoms with E-state index in [4.69, 9.17) is 0 Å². The maximum atomic E-state index is 12.6. The molecular formula is C21H29N4O+. The highest BCUT2D eigenvalue weighted by Gasteiger charge is 2.32. The molecule has 138 valence electrons. The molecule has 1 aromatic carbocycles. The smallest absolute Gasteiger partial charge is 0.279 e. The average Bonchev–Trinajstić information content (AvgIpc) is 3.37. The lowest BCUT2D eigenvalue weighted by atomic mass is 10.1. The predicted molar refractivity (Wildman–Crippen MR) is 105 cm³/mol. The Hall–Kier alpha value is -2.27. The summed E-state index contributed by atoms with van der Waals surface area (Å²) in [5.41, 5.74) is 3.49. The normalized spacial score (nSPS) is 22.7. The molecule has 3 heterocycles. The van der Waals surface area contributed by atoms with Gasteiger partial charge in [-0.2, -0.15) is 0 Å². The van der Waals surface area contributed by atoms with Gasteiger partial charge in [-0.25, -0.2) is 0 Å². The maximum Gasteiger partial charge on any atom is 0.279 e. The van der Waals surface area contributed by atoms with E-state index in [-0.39, 0.29) is 5.91 Å². The molecule has 0 bridgehead atoms.